The summed E-state index contributed by atoms with van der Waals surface area (Å²) in [5.74, 6) is 0. The zero-order valence-electron chi connectivity index (χ0n) is 15.4. The Labute approximate surface area is 172 Å². The second-order valence-electron chi connectivity index (χ2n) is 7.67. The Balaban J connectivity index is 1.35. The average Bonchev–Trinajstić information content (AvgIpc) is 2.65. The lowest BCUT2D eigenvalue weighted by Crippen LogP contribution is -2.56. The van der Waals surface area contributed by atoms with Crippen molar-refractivity contribution in [1.29, 1.82) is 0 Å². The molecule has 142 valence electrons. The SMILES string of the molecule is S=C(Nc1ccc(Cl)cc1)NC1C[C@@H]2CCC[C@@H](C1)N2Cc1ccccc1. The first-order valence-electron chi connectivity index (χ1n) is 9.80. The summed E-state index contributed by atoms with van der Waals surface area (Å²) >= 11 is 11.5. The van der Waals surface area contributed by atoms with E-state index in [1.807, 2.05) is 24.3 Å². The number of nitrogens with one attached hydrogen (secondary N) is 2. The van der Waals surface area contributed by atoms with Gasteiger partial charge in [0, 0.05) is 35.4 Å². The van der Waals surface area contributed by atoms with Gasteiger partial charge in [0.2, 0.25) is 0 Å². The quantitative estimate of drug-likeness (QED) is 0.690. The third-order valence-electron chi connectivity index (χ3n) is 5.77. The summed E-state index contributed by atoms with van der Waals surface area (Å²) in [6.45, 7) is 1.07. The molecule has 0 aromatic heterocycles. The first-order valence-corrected chi connectivity index (χ1v) is 10.6. The highest BCUT2D eigenvalue weighted by molar-refractivity contribution is 7.80. The van der Waals surface area contributed by atoms with E-state index < -0.39 is 0 Å². The van der Waals surface area contributed by atoms with Crippen LogP contribution in [0, 0.1) is 0 Å². The van der Waals surface area contributed by atoms with Gasteiger partial charge in [-0.25, -0.2) is 0 Å². The second-order valence-corrected chi connectivity index (χ2v) is 8.51. The summed E-state index contributed by atoms with van der Waals surface area (Å²) in [4.78, 5) is 2.73. The smallest absolute Gasteiger partial charge is 0.170 e. The molecule has 0 aliphatic carbocycles. The number of hydrogen-bond donors (Lipinski definition) is 2. The van der Waals surface area contributed by atoms with Crippen LogP contribution >= 0.6 is 23.8 Å². The minimum Gasteiger partial charge on any atom is -0.360 e. The molecule has 2 atom stereocenters. The van der Waals surface area contributed by atoms with Gasteiger partial charge in [0.25, 0.3) is 0 Å². The standard InChI is InChI=1S/C22H26ClN3S/c23-17-9-11-18(12-10-17)24-22(27)25-19-13-20-7-4-8-21(14-19)26(20)15-16-5-2-1-3-6-16/h1-3,5-6,9-12,19-21H,4,7-8,13-15H2,(H2,24,25,27)/t20-,21-/m0/s1. The van der Waals surface area contributed by atoms with Crippen LogP contribution in [0.2, 0.25) is 5.02 Å². The summed E-state index contributed by atoms with van der Waals surface area (Å²) < 4.78 is 0. The van der Waals surface area contributed by atoms with Gasteiger partial charge in [0.1, 0.15) is 0 Å². The Kier molecular flexibility index (Phi) is 5.96. The van der Waals surface area contributed by atoms with E-state index in [0.717, 1.165) is 30.1 Å². The maximum atomic E-state index is 5.95. The number of fused-ring (bicyclic) bond motifs is 2. The Hall–Kier alpha value is -1.62. The lowest BCUT2D eigenvalue weighted by atomic mass is 9.81. The van der Waals surface area contributed by atoms with Crippen molar-refractivity contribution in [2.45, 2.75) is 56.8 Å². The molecule has 2 aromatic rings. The van der Waals surface area contributed by atoms with Gasteiger partial charge in [-0.05, 0) is 67.7 Å². The largest absolute Gasteiger partial charge is 0.360 e. The monoisotopic (exact) mass is 399 g/mol. The molecule has 2 saturated heterocycles. The van der Waals surface area contributed by atoms with Gasteiger partial charge >= 0.3 is 0 Å². The van der Waals surface area contributed by atoms with Crippen molar-refractivity contribution in [1.82, 2.24) is 10.2 Å². The summed E-state index contributed by atoms with van der Waals surface area (Å²) in [7, 11) is 0. The van der Waals surface area contributed by atoms with Crippen LogP contribution in [-0.2, 0) is 6.54 Å². The number of piperidine rings is 2. The second kappa shape index (κ2) is 8.59. The molecule has 0 spiro atoms. The molecule has 2 bridgehead atoms. The zero-order chi connectivity index (χ0) is 18.6. The zero-order valence-corrected chi connectivity index (χ0v) is 17.0. The molecule has 0 unspecified atom stereocenters. The van der Waals surface area contributed by atoms with Crippen LogP contribution in [0.5, 0.6) is 0 Å². The molecule has 0 saturated carbocycles. The maximum Gasteiger partial charge on any atom is 0.170 e. The number of thiocarbonyl (C=S) groups is 1. The van der Waals surface area contributed by atoms with E-state index in [4.69, 9.17) is 23.8 Å². The molecule has 27 heavy (non-hydrogen) atoms. The highest BCUT2D eigenvalue weighted by Crippen LogP contribution is 2.35. The molecular formula is C22H26ClN3S. The minimum absolute atomic E-state index is 0.444. The van der Waals surface area contributed by atoms with E-state index in [9.17, 15) is 0 Å². The van der Waals surface area contributed by atoms with Gasteiger partial charge in [0.15, 0.2) is 5.11 Å². The van der Waals surface area contributed by atoms with E-state index in [1.165, 1.54) is 24.8 Å². The van der Waals surface area contributed by atoms with Gasteiger partial charge in [-0.1, -0.05) is 48.4 Å². The molecule has 2 aromatic carbocycles. The van der Waals surface area contributed by atoms with Gasteiger partial charge in [-0.2, -0.15) is 0 Å². The van der Waals surface area contributed by atoms with Crippen molar-refractivity contribution in [3.8, 4) is 0 Å². The van der Waals surface area contributed by atoms with Crippen molar-refractivity contribution < 1.29 is 0 Å². The summed E-state index contributed by atoms with van der Waals surface area (Å²) in [6.07, 6.45) is 6.25. The van der Waals surface area contributed by atoms with E-state index in [-0.39, 0.29) is 0 Å². The highest BCUT2D eigenvalue weighted by atomic mass is 35.5. The molecule has 0 radical (unpaired) electrons. The van der Waals surface area contributed by atoms with Crippen LogP contribution in [0.25, 0.3) is 0 Å². The lowest BCUT2D eigenvalue weighted by molar-refractivity contribution is 0.0212. The lowest BCUT2D eigenvalue weighted by Gasteiger charge is -2.49. The first kappa shape index (κ1) is 18.7. The van der Waals surface area contributed by atoms with Crippen molar-refractivity contribution in [2.24, 2.45) is 0 Å². The van der Waals surface area contributed by atoms with Crippen LogP contribution in [0.3, 0.4) is 0 Å². The normalized spacial score (nSPS) is 25.0. The van der Waals surface area contributed by atoms with Crippen molar-refractivity contribution in [2.75, 3.05) is 5.32 Å². The fourth-order valence-electron chi connectivity index (χ4n) is 4.53. The molecular weight excluding hydrogens is 374 g/mol. The van der Waals surface area contributed by atoms with Crippen molar-refractivity contribution >= 4 is 34.6 Å². The highest BCUT2D eigenvalue weighted by Gasteiger charge is 2.38. The van der Waals surface area contributed by atoms with Crippen molar-refractivity contribution in [3.63, 3.8) is 0 Å². The van der Waals surface area contributed by atoms with E-state index >= 15 is 0 Å². The first-order chi connectivity index (χ1) is 13.2. The van der Waals surface area contributed by atoms with E-state index in [2.05, 4.69) is 45.9 Å². The number of nitrogens with zero attached hydrogens (tertiary/aromatic N) is 1. The van der Waals surface area contributed by atoms with Crippen molar-refractivity contribution in [3.05, 3.63) is 65.2 Å². The predicted molar refractivity (Wildman–Crippen MR) is 117 cm³/mol. The Morgan fingerprint density at radius 2 is 1.67 bits per heavy atom. The number of anilines is 1. The molecule has 5 heteroatoms. The minimum atomic E-state index is 0.444. The Morgan fingerprint density at radius 3 is 2.33 bits per heavy atom. The van der Waals surface area contributed by atoms with Gasteiger partial charge in [-0.15, -0.1) is 0 Å². The van der Waals surface area contributed by atoms with Gasteiger partial charge in [-0.3, -0.25) is 4.90 Å². The van der Waals surface area contributed by atoms with Crippen LogP contribution < -0.4 is 10.6 Å². The molecule has 2 aliphatic heterocycles. The molecule has 0 amide bonds. The van der Waals surface area contributed by atoms with E-state index in [1.54, 1.807) is 0 Å². The topological polar surface area (TPSA) is 27.3 Å². The number of halogens is 1. The summed E-state index contributed by atoms with van der Waals surface area (Å²) in [5, 5.41) is 8.28. The molecule has 2 fully saturated rings. The molecule has 3 nitrogen and oxygen atoms in total. The average molecular weight is 400 g/mol. The van der Waals surface area contributed by atoms with Gasteiger partial charge in [0.05, 0.1) is 0 Å². The number of rotatable bonds is 4. The molecule has 4 rings (SSSR count). The summed E-state index contributed by atoms with van der Waals surface area (Å²) in [6, 6.07) is 20.2. The molecule has 2 heterocycles. The molecule has 2 aliphatic rings. The third-order valence-corrected chi connectivity index (χ3v) is 6.24. The predicted octanol–water partition coefficient (Wildman–Crippen LogP) is 5.21. The fraction of sp³-hybridized carbons (Fsp3) is 0.409. The van der Waals surface area contributed by atoms with Gasteiger partial charge < -0.3 is 10.6 Å². The molecule has 2 N–H and O–H groups in total. The van der Waals surface area contributed by atoms with Crippen LogP contribution in [0.1, 0.15) is 37.7 Å². The Bertz CT molecular complexity index is 751. The maximum absolute atomic E-state index is 5.95. The number of hydrogen-bond acceptors (Lipinski definition) is 2. The van der Waals surface area contributed by atoms with E-state index in [0.29, 0.717) is 23.2 Å². The summed E-state index contributed by atoms with van der Waals surface area (Å²) in [5.41, 5.74) is 2.39. The van der Waals surface area contributed by atoms with Crippen LogP contribution in [0.4, 0.5) is 5.69 Å². The van der Waals surface area contributed by atoms with Crippen LogP contribution in [0.15, 0.2) is 54.6 Å². The fourth-order valence-corrected chi connectivity index (χ4v) is 4.95. The number of benzene rings is 2. The van der Waals surface area contributed by atoms with Crippen LogP contribution in [-0.4, -0.2) is 28.1 Å². The third kappa shape index (κ3) is 4.81. The Morgan fingerprint density at radius 1 is 1.00 bits per heavy atom.